The molecule has 0 amide bonds. The molecule has 0 aliphatic carbocycles. The molecule has 0 saturated heterocycles. The Balaban J connectivity index is 2.27. The van der Waals surface area contributed by atoms with Gasteiger partial charge >= 0.3 is 0 Å². The quantitative estimate of drug-likeness (QED) is 0.719. The zero-order valence-electron chi connectivity index (χ0n) is 12.8. The molecule has 2 aromatic carbocycles. The molecule has 1 aromatic heterocycles. The van der Waals surface area contributed by atoms with E-state index < -0.39 is 0 Å². The highest BCUT2D eigenvalue weighted by molar-refractivity contribution is 5.91. The molecule has 1 heterocycles. The van der Waals surface area contributed by atoms with Gasteiger partial charge in [0.25, 0.3) is 0 Å². The van der Waals surface area contributed by atoms with Crippen LogP contribution < -0.4 is 4.90 Å². The summed E-state index contributed by atoms with van der Waals surface area (Å²) >= 11 is 0. The minimum atomic E-state index is -0.303. The van der Waals surface area contributed by atoms with Crippen LogP contribution in [0.1, 0.15) is 13.8 Å². The van der Waals surface area contributed by atoms with Crippen molar-refractivity contribution in [3.8, 4) is 11.4 Å². The summed E-state index contributed by atoms with van der Waals surface area (Å²) in [6, 6.07) is 14.5. The number of hydrogen-bond donors (Lipinski definition) is 0. The van der Waals surface area contributed by atoms with Crippen molar-refractivity contribution in [3.63, 3.8) is 0 Å². The van der Waals surface area contributed by atoms with Crippen molar-refractivity contribution in [2.75, 3.05) is 18.0 Å². The molecular formula is C18H18FN3. The molecule has 4 heteroatoms. The summed E-state index contributed by atoms with van der Waals surface area (Å²) < 4.78 is 14.1. The van der Waals surface area contributed by atoms with Crippen LogP contribution in [0.5, 0.6) is 0 Å². The highest BCUT2D eigenvalue weighted by atomic mass is 19.1. The van der Waals surface area contributed by atoms with Crippen LogP contribution in [0.15, 0.2) is 48.5 Å². The topological polar surface area (TPSA) is 29.0 Å². The van der Waals surface area contributed by atoms with Gasteiger partial charge in [-0.2, -0.15) is 0 Å². The molecule has 0 saturated carbocycles. The van der Waals surface area contributed by atoms with Crippen molar-refractivity contribution >= 4 is 16.7 Å². The first-order valence-electron chi connectivity index (χ1n) is 7.51. The Kier molecular flexibility index (Phi) is 4.00. The van der Waals surface area contributed by atoms with Crippen LogP contribution in [0.25, 0.3) is 22.3 Å². The van der Waals surface area contributed by atoms with E-state index in [1.807, 2.05) is 24.3 Å². The average molecular weight is 295 g/mol. The minimum Gasteiger partial charge on any atom is -0.357 e. The lowest BCUT2D eigenvalue weighted by molar-refractivity contribution is 0.630. The summed E-state index contributed by atoms with van der Waals surface area (Å²) in [7, 11) is 0. The van der Waals surface area contributed by atoms with E-state index in [9.17, 15) is 4.39 Å². The Morgan fingerprint density at radius 3 is 2.32 bits per heavy atom. The molecule has 0 fully saturated rings. The maximum Gasteiger partial charge on any atom is 0.165 e. The highest BCUT2D eigenvalue weighted by Crippen LogP contribution is 2.28. The van der Waals surface area contributed by atoms with Gasteiger partial charge in [0.05, 0.1) is 11.1 Å². The second-order valence-electron chi connectivity index (χ2n) is 5.04. The normalized spacial score (nSPS) is 10.9. The summed E-state index contributed by atoms with van der Waals surface area (Å²) in [5.74, 6) is 0.982. The lowest BCUT2D eigenvalue weighted by Crippen LogP contribution is -2.23. The van der Waals surface area contributed by atoms with Crippen molar-refractivity contribution < 1.29 is 4.39 Å². The van der Waals surface area contributed by atoms with E-state index >= 15 is 0 Å². The number of aromatic nitrogens is 2. The van der Waals surface area contributed by atoms with Crippen molar-refractivity contribution in [2.24, 2.45) is 0 Å². The zero-order valence-corrected chi connectivity index (χ0v) is 12.8. The van der Waals surface area contributed by atoms with Gasteiger partial charge in [-0.3, -0.25) is 0 Å². The standard InChI is InChI=1S/C18H18FN3/c1-3-22(4-2)18-14-10-6-8-12-16(14)20-17(21-18)13-9-5-7-11-15(13)19/h5-12H,3-4H2,1-2H3. The monoisotopic (exact) mass is 295 g/mol. The Labute approximate surface area is 129 Å². The minimum absolute atomic E-state index is 0.303. The van der Waals surface area contributed by atoms with E-state index in [1.165, 1.54) is 6.07 Å². The lowest BCUT2D eigenvalue weighted by Gasteiger charge is -2.22. The van der Waals surface area contributed by atoms with Gasteiger partial charge in [0.15, 0.2) is 5.82 Å². The van der Waals surface area contributed by atoms with E-state index in [0.29, 0.717) is 11.4 Å². The van der Waals surface area contributed by atoms with Crippen LogP contribution in [-0.2, 0) is 0 Å². The summed E-state index contributed by atoms with van der Waals surface area (Å²) in [5, 5.41) is 0.992. The molecule has 3 aromatic rings. The Hall–Kier alpha value is -2.49. The van der Waals surface area contributed by atoms with Gasteiger partial charge in [0.2, 0.25) is 0 Å². The van der Waals surface area contributed by atoms with Crippen LogP contribution in [-0.4, -0.2) is 23.1 Å². The first kappa shape index (κ1) is 14.4. The van der Waals surface area contributed by atoms with Crippen molar-refractivity contribution in [1.29, 1.82) is 0 Å². The molecule has 0 atom stereocenters. The van der Waals surface area contributed by atoms with Gasteiger partial charge in [-0.15, -0.1) is 0 Å². The van der Waals surface area contributed by atoms with E-state index in [2.05, 4.69) is 28.7 Å². The van der Waals surface area contributed by atoms with Crippen molar-refractivity contribution in [3.05, 3.63) is 54.3 Å². The molecular weight excluding hydrogens is 277 g/mol. The van der Waals surface area contributed by atoms with E-state index in [-0.39, 0.29) is 5.82 Å². The third-order valence-corrected chi connectivity index (χ3v) is 3.76. The lowest BCUT2D eigenvalue weighted by atomic mass is 10.1. The number of fused-ring (bicyclic) bond motifs is 1. The van der Waals surface area contributed by atoms with Crippen LogP contribution in [0.3, 0.4) is 0 Å². The predicted octanol–water partition coefficient (Wildman–Crippen LogP) is 4.28. The Morgan fingerprint density at radius 1 is 0.909 bits per heavy atom. The highest BCUT2D eigenvalue weighted by Gasteiger charge is 2.15. The summed E-state index contributed by atoms with van der Waals surface area (Å²) in [6.45, 7) is 5.86. The molecule has 22 heavy (non-hydrogen) atoms. The van der Waals surface area contributed by atoms with Gasteiger partial charge in [0, 0.05) is 18.5 Å². The number of rotatable bonds is 4. The summed E-state index contributed by atoms with van der Waals surface area (Å²) in [6.07, 6.45) is 0. The average Bonchev–Trinajstić information content (AvgIpc) is 2.56. The third kappa shape index (κ3) is 2.52. The van der Waals surface area contributed by atoms with Crippen molar-refractivity contribution in [1.82, 2.24) is 9.97 Å². The first-order valence-corrected chi connectivity index (χ1v) is 7.51. The van der Waals surface area contributed by atoms with Gasteiger partial charge in [-0.25, -0.2) is 14.4 Å². The number of halogens is 1. The summed E-state index contributed by atoms with van der Waals surface area (Å²) in [4.78, 5) is 11.4. The number of benzene rings is 2. The number of nitrogens with zero attached hydrogens (tertiary/aromatic N) is 3. The maximum absolute atomic E-state index is 14.1. The molecule has 0 N–H and O–H groups in total. The van der Waals surface area contributed by atoms with E-state index in [0.717, 1.165) is 29.8 Å². The van der Waals surface area contributed by atoms with Crippen LogP contribution in [0, 0.1) is 5.82 Å². The summed E-state index contributed by atoms with van der Waals surface area (Å²) in [5.41, 5.74) is 1.26. The second-order valence-corrected chi connectivity index (χ2v) is 5.04. The van der Waals surface area contributed by atoms with Gasteiger partial charge in [-0.05, 0) is 38.1 Å². The SMILES string of the molecule is CCN(CC)c1nc(-c2ccccc2F)nc2ccccc12. The predicted molar refractivity (Wildman–Crippen MR) is 88.5 cm³/mol. The second kappa shape index (κ2) is 6.10. The smallest absolute Gasteiger partial charge is 0.165 e. The third-order valence-electron chi connectivity index (χ3n) is 3.76. The largest absolute Gasteiger partial charge is 0.357 e. The fourth-order valence-electron chi connectivity index (χ4n) is 2.59. The number of hydrogen-bond acceptors (Lipinski definition) is 3. The fourth-order valence-corrected chi connectivity index (χ4v) is 2.59. The van der Waals surface area contributed by atoms with Crippen LogP contribution in [0.4, 0.5) is 10.2 Å². The van der Waals surface area contributed by atoms with Crippen molar-refractivity contribution in [2.45, 2.75) is 13.8 Å². The molecule has 3 nitrogen and oxygen atoms in total. The molecule has 0 unspecified atom stereocenters. The van der Waals surface area contributed by atoms with Gasteiger partial charge < -0.3 is 4.90 Å². The Bertz CT molecular complexity index is 797. The molecule has 0 spiro atoms. The fraction of sp³-hybridized carbons (Fsp3) is 0.222. The molecule has 0 aliphatic rings. The molecule has 0 bridgehead atoms. The zero-order chi connectivity index (χ0) is 15.5. The van der Waals surface area contributed by atoms with Crippen LogP contribution in [0.2, 0.25) is 0 Å². The molecule has 3 rings (SSSR count). The Morgan fingerprint density at radius 2 is 1.59 bits per heavy atom. The maximum atomic E-state index is 14.1. The van der Waals surface area contributed by atoms with Gasteiger partial charge in [-0.1, -0.05) is 24.3 Å². The van der Waals surface area contributed by atoms with E-state index in [4.69, 9.17) is 0 Å². The molecule has 0 radical (unpaired) electrons. The first-order chi connectivity index (χ1) is 10.7. The van der Waals surface area contributed by atoms with Gasteiger partial charge in [0.1, 0.15) is 11.6 Å². The van der Waals surface area contributed by atoms with E-state index in [1.54, 1.807) is 18.2 Å². The number of para-hydroxylation sites is 1. The molecule has 112 valence electrons. The van der Waals surface area contributed by atoms with Crippen LogP contribution >= 0.6 is 0 Å². The molecule has 0 aliphatic heterocycles. The number of anilines is 1.